The van der Waals surface area contributed by atoms with Gasteiger partial charge < -0.3 is 34.7 Å². The van der Waals surface area contributed by atoms with Gasteiger partial charge in [0.2, 0.25) is 0 Å². The van der Waals surface area contributed by atoms with E-state index in [0.717, 1.165) is 27.8 Å². The number of methoxy groups -OCH3 is 1. The molecule has 336 valence electrons. The molecule has 7 aromatic rings. The molecular weight excluding hydrogens is 890 g/mol. The Hall–Kier alpha value is -6.84. The third kappa shape index (κ3) is 7.12. The average Bonchev–Trinajstić information content (AvgIpc) is 3.88. The summed E-state index contributed by atoms with van der Waals surface area (Å²) in [4.78, 5) is 56.9. The molecule has 4 aromatic heterocycles. The van der Waals surface area contributed by atoms with Gasteiger partial charge in [-0.05, 0) is 60.4 Å². The zero-order valence-electron chi connectivity index (χ0n) is 36.0. The van der Waals surface area contributed by atoms with Gasteiger partial charge in [0.05, 0.1) is 45.3 Å². The first kappa shape index (κ1) is 44.4. The molecule has 9 rings (SSSR count). The summed E-state index contributed by atoms with van der Waals surface area (Å²) in [6, 6.07) is 13.2. The molecule has 18 heteroatoms. The molecular formula is C48H41ClF2N8O6S. The molecule has 1 fully saturated rings. The number of piperazine rings is 1. The van der Waals surface area contributed by atoms with Crippen molar-refractivity contribution in [2.24, 2.45) is 0 Å². The van der Waals surface area contributed by atoms with Crippen molar-refractivity contribution in [3.63, 3.8) is 0 Å². The smallest absolute Gasteiger partial charge is 0.257 e. The normalized spacial score (nSPS) is 14.3. The number of carbonyl (C=O) groups excluding carboxylic acids is 2. The maximum atomic E-state index is 16.5. The number of hydrogen-bond donors (Lipinski definition) is 2. The number of nitrogen functional groups attached to an aromatic ring is 1. The van der Waals surface area contributed by atoms with Gasteiger partial charge in [0, 0.05) is 77.3 Å². The van der Waals surface area contributed by atoms with E-state index in [-0.39, 0.29) is 96.7 Å². The maximum Gasteiger partial charge on any atom is 0.257 e. The van der Waals surface area contributed by atoms with Crippen molar-refractivity contribution in [2.45, 2.75) is 45.4 Å². The molecule has 0 spiro atoms. The number of pyridine rings is 2. The first-order valence-corrected chi connectivity index (χ1v) is 22.3. The summed E-state index contributed by atoms with van der Waals surface area (Å²) < 4.78 is 44.5. The van der Waals surface area contributed by atoms with Crippen molar-refractivity contribution < 1.29 is 33.0 Å². The highest BCUT2D eigenvalue weighted by Crippen LogP contribution is 2.46. The Bertz CT molecular complexity index is 3330. The Balaban J connectivity index is 0.904. The predicted molar refractivity (Wildman–Crippen MR) is 249 cm³/mol. The minimum atomic E-state index is -1.87. The van der Waals surface area contributed by atoms with Gasteiger partial charge in [0.1, 0.15) is 52.5 Å². The van der Waals surface area contributed by atoms with E-state index in [1.165, 1.54) is 25.6 Å². The number of nitrogens with zero attached hydrogens (tertiary/aromatic N) is 7. The van der Waals surface area contributed by atoms with Crippen LogP contribution in [-0.2, 0) is 39.5 Å². The van der Waals surface area contributed by atoms with Gasteiger partial charge in [-0.15, -0.1) is 11.3 Å². The molecule has 0 saturated carbocycles. The van der Waals surface area contributed by atoms with Crippen LogP contribution in [0.2, 0.25) is 5.02 Å². The number of halogens is 3. The van der Waals surface area contributed by atoms with E-state index < -0.39 is 17.2 Å². The molecule has 1 atom stereocenters. The van der Waals surface area contributed by atoms with E-state index in [1.54, 1.807) is 34.6 Å². The first-order valence-electron chi connectivity index (χ1n) is 21.1. The molecule has 2 aliphatic heterocycles. The SMILES string of the molecule is C=C(COc1ccc2nc3c(c(CC)c2c1)Cn1c-3cc(C(O)(C=O)CC)c(COC)c1=O)C(=O)N1CCN(c2ncnc3c(F)c(-c4ccc(F)c5sc(N)c(C#N)c45)c(Cl)cc23)CC1. The van der Waals surface area contributed by atoms with E-state index in [2.05, 4.69) is 16.5 Å². The van der Waals surface area contributed by atoms with E-state index in [1.807, 2.05) is 30.0 Å². The molecule has 14 nitrogen and oxygen atoms in total. The van der Waals surface area contributed by atoms with Crippen molar-refractivity contribution in [3.8, 4) is 34.3 Å². The van der Waals surface area contributed by atoms with Crippen LogP contribution < -0.4 is 20.9 Å². The molecule has 1 unspecified atom stereocenters. The summed E-state index contributed by atoms with van der Waals surface area (Å²) in [5.74, 6) is -0.725. The number of anilines is 2. The van der Waals surface area contributed by atoms with Crippen molar-refractivity contribution in [1.29, 1.82) is 5.26 Å². The molecule has 1 saturated heterocycles. The fraction of sp³-hybridized carbons (Fsp3) is 0.271. The molecule has 2 aliphatic rings. The molecule has 0 aliphatic carbocycles. The van der Waals surface area contributed by atoms with E-state index in [4.69, 9.17) is 31.8 Å². The molecule has 3 aromatic carbocycles. The summed E-state index contributed by atoms with van der Waals surface area (Å²) in [5, 5.41) is 22.5. The maximum absolute atomic E-state index is 16.5. The molecule has 66 heavy (non-hydrogen) atoms. The van der Waals surface area contributed by atoms with Crippen molar-refractivity contribution in [2.75, 3.05) is 50.5 Å². The number of carbonyl (C=O) groups is 2. The van der Waals surface area contributed by atoms with Crippen molar-refractivity contribution in [1.82, 2.24) is 24.4 Å². The van der Waals surface area contributed by atoms with Crippen molar-refractivity contribution >= 4 is 77.8 Å². The number of ether oxygens (including phenoxy) is 2. The van der Waals surface area contributed by atoms with E-state index >= 15 is 4.39 Å². The van der Waals surface area contributed by atoms with Crippen LogP contribution in [0.15, 0.2) is 65.7 Å². The number of aliphatic hydroxyl groups is 1. The average molecular weight is 931 g/mol. The fourth-order valence-corrected chi connectivity index (χ4v) is 10.4. The number of nitrogens with two attached hydrogens (primary N) is 1. The van der Waals surface area contributed by atoms with Gasteiger partial charge in [0.25, 0.3) is 11.5 Å². The Morgan fingerprint density at radius 2 is 1.88 bits per heavy atom. The van der Waals surface area contributed by atoms with Crippen LogP contribution in [0, 0.1) is 23.0 Å². The van der Waals surface area contributed by atoms with E-state index in [9.17, 15) is 29.1 Å². The summed E-state index contributed by atoms with van der Waals surface area (Å²) in [7, 11) is 1.45. The second kappa shape index (κ2) is 17.2. The number of nitriles is 1. The van der Waals surface area contributed by atoms with Gasteiger partial charge in [-0.2, -0.15) is 5.26 Å². The number of benzene rings is 3. The number of thiophene rings is 1. The van der Waals surface area contributed by atoms with Crippen LogP contribution >= 0.6 is 22.9 Å². The number of aromatic nitrogens is 4. The lowest BCUT2D eigenvalue weighted by Crippen LogP contribution is -2.49. The van der Waals surface area contributed by atoms with Crippen LogP contribution in [-0.4, -0.2) is 81.6 Å². The third-order valence-corrected chi connectivity index (χ3v) is 13.9. The number of rotatable bonds is 12. The van der Waals surface area contributed by atoms with Crippen LogP contribution in [0.1, 0.15) is 48.1 Å². The Morgan fingerprint density at radius 1 is 1.11 bits per heavy atom. The monoisotopic (exact) mass is 930 g/mol. The molecule has 0 bridgehead atoms. The minimum Gasteiger partial charge on any atom is -0.489 e. The van der Waals surface area contributed by atoms with Gasteiger partial charge in [-0.1, -0.05) is 38.1 Å². The predicted octanol–water partition coefficient (Wildman–Crippen LogP) is 7.42. The zero-order valence-corrected chi connectivity index (χ0v) is 37.6. The van der Waals surface area contributed by atoms with E-state index in [0.29, 0.717) is 72.7 Å². The standard InChI is InChI=1S/C48H41ClF2N8O6S/c1-5-26-28-15-25(7-10-36(28)56-41-31(26)19-59-37(41)17-33(48(63,6-2)22-60)32(21-64-4)47(59)62)65-20-24(3)46(61)58-13-11-57(12-14-58)45-29-16-34(49)39(40(51)42(29)54-23-55-45)27-8-9-35(50)43-38(27)30(18-52)44(53)66-43/h7-10,15-17,22-23,63H,3,5-6,11-14,19-21,53H2,1-2,4H3. The lowest BCUT2D eigenvalue weighted by atomic mass is 9.89. The second-order valence-corrected chi connectivity index (χ2v) is 17.6. The Kier molecular flexibility index (Phi) is 11.6. The fourth-order valence-electron chi connectivity index (χ4n) is 9.13. The highest BCUT2D eigenvalue weighted by Gasteiger charge is 2.36. The van der Waals surface area contributed by atoms with Crippen LogP contribution in [0.4, 0.5) is 19.6 Å². The largest absolute Gasteiger partial charge is 0.489 e. The number of aldehydes is 1. The summed E-state index contributed by atoms with van der Waals surface area (Å²) in [6.07, 6.45) is 2.38. The number of aryl methyl sites for hydroxylation is 1. The van der Waals surface area contributed by atoms with Crippen LogP contribution in [0.5, 0.6) is 5.75 Å². The molecule has 3 N–H and O–H groups in total. The van der Waals surface area contributed by atoms with Gasteiger partial charge in [-0.25, -0.2) is 23.7 Å². The molecule has 6 heterocycles. The highest BCUT2D eigenvalue weighted by atomic mass is 35.5. The van der Waals surface area contributed by atoms with Gasteiger partial charge in [-0.3, -0.25) is 14.4 Å². The molecule has 0 radical (unpaired) electrons. The summed E-state index contributed by atoms with van der Waals surface area (Å²) in [6.45, 7) is 9.13. The van der Waals surface area contributed by atoms with Gasteiger partial charge in [0.15, 0.2) is 12.1 Å². The number of amides is 1. The number of fused-ring (bicyclic) bond motifs is 6. The topological polar surface area (TPSA) is 190 Å². The Labute approximate surface area is 385 Å². The quantitative estimate of drug-likeness (QED) is 0.0912. The highest BCUT2D eigenvalue weighted by molar-refractivity contribution is 7.23. The Morgan fingerprint density at radius 3 is 2.58 bits per heavy atom. The summed E-state index contributed by atoms with van der Waals surface area (Å²) >= 11 is 7.68. The lowest BCUT2D eigenvalue weighted by Gasteiger charge is -2.36. The lowest BCUT2D eigenvalue weighted by molar-refractivity contribution is -0.127. The van der Waals surface area contributed by atoms with Crippen LogP contribution in [0.25, 0.3) is 54.4 Å². The molecule has 1 amide bonds. The summed E-state index contributed by atoms with van der Waals surface area (Å²) in [5.41, 5.74) is 8.22. The van der Waals surface area contributed by atoms with Gasteiger partial charge >= 0.3 is 0 Å². The minimum absolute atomic E-state index is 0.0106. The first-order chi connectivity index (χ1) is 31.8. The zero-order chi connectivity index (χ0) is 46.8. The van der Waals surface area contributed by atoms with Crippen LogP contribution in [0.3, 0.4) is 0 Å². The number of hydrogen-bond acceptors (Lipinski definition) is 13. The third-order valence-electron chi connectivity index (χ3n) is 12.6. The van der Waals surface area contributed by atoms with Crippen molar-refractivity contribution in [3.05, 3.63) is 116 Å². The second-order valence-electron chi connectivity index (χ2n) is 16.2.